The van der Waals surface area contributed by atoms with E-state index in [1.807, 2.05) is 36.0 Å². The minimum Gasteiger partial charge on any atom is -0.397 e. The van der Waals surface area contributed by atoms with Gasteiger partial charge in [0, 0.05) is 7.05 Å². The molecule has 0 aliphatic rings. The summed E-state index contributed by atoms with van der Waals surface area (Å²) in [6.45, 7) is 2.09. The van der Waals surface area contributed by atoms with E-state index in [2.05, 4.69) is 22.0 Å². The third kappa shape index (κ3) is 1.55. The molecule has 0 bridgehead atoms. The molecule has 0 amide bonds. The van der Waals surface area contributed by atoms with Crippen LogP contribution in [0.1, 0.15) is 12.6 Å². The molecule has 1 aromatic carbocycles. The van der Waals surface area contributed by atoms with Crippen LogP contribution in [0.2, 0.25) is 0 Å². The van der Waals surface area contributed by atoms with E-state index in [-0.39, 0.29) is 0 Å². The molecule has 0 aliphatic heterocycles. The van der Waals surface area contributed by atoms with E-state index in [0.29, 0.717) is 5.69 Å². The van der Waals surface area contributed by atoms with Gasteiger partial charge >= 0.3 is 0 Å². The van der Waals surface area contributed by atoms with E-state index in [1.54, 1.807) is 0 Å². The number of nitrogens with one attached hydrogen (secondary N) is 1. The maximum Gasteiger partial charge on any atom is 0.156 e. The molecule has 0 radical (unpaired) electrons. The number of rotatable bonds is 2. The fourth-order valence-electron chi connectivity index (χ4n) is 2.10. The number of imidazole rings is 1. The first-order valence-electron chi connectivity index (χ1n) is 5.96. The lowest BCUT2D eigenvalue weighted by Gasteiger charge is -1.95. The Kier molecular flexibility index (Phi) is 2.33. The lowest BCUT2D eigenvalue weighted by Crippen LogP contribution is -1.95. The summed E-state index contributed by atoms with van der Waals surface area (Å²) in [4.78, 5) is 7.83. The van der Waals surface area contributed by atoms with Crippen molar-refractivity contribution in [1.82, 2.24) is 19.7 Å². The van der Waals surface area contributed by atoms with Gasteiger partial charge in [0.05, 0.1) is 16.9 Å². The van der Waals surface area contributed by atoms with Gasteiger partial charge in [0.2, 0.25) is 0 Å². The monoisotopic (exact) mass is 241 g/mol. The minimum absolute atomic E-state index is 0.688. The van der Waals surface area contributed by atoms with Gasteiger partial charge in [-0.15, -0.1) is 0 Å². The molecule has 3 aromatic rings. The van der Waals surface area contributed by atoms with Gasteiger partial charge in [-0.05, 0) is 24.6 Å². The molecule has 5 heteroatoms. The molecular weight excluding hydrogens is 226 g/mol. The standard InChI is InChI=1S/C13H15N5/c1-3-8-7-11(18(2)17-8)13-15-10-6-4-5-9(14)12(10)16-13/h4-7H,3,14H2,1-2H3,(H,15,16). The van der Waals surface area contributed by atoms with Crippen molar-refractivity contribution in [1.29, 1.82) is 0 Å². The second-order valence-electron chi connectivity index (χ2n) is 4.33. The van der Waals surface area contributed by atoms with E-state index >= 15 is 0 Å². The predicted octanol–water partition coefficient (Wildman–Crippen LogP) is 2.11. The van der Waals surface area contributed by atoms with Crippen LogP contribution in [-0.2, 0) is 13.5 Å². The first-order valence-corrected chi connectivity index (χ1v) is 5.96. The number of nitrogens with two attached hydrogens (primary N) is 1. The van der Waals surface area contributed by atoms with Gasteiger partial charge in [0.15, 0.2) is 5.82 Å². The van der Waals surface area contributed by atoms with Crippen molar-refractivity contribution in [3.05, 3.63) is 30.0 Å². The quantitative estimate of drug-likeness (QED) is 0.675. The second-order valence-corrected chi connectivity index (χ2v) is 4.33. The van der Waals surface area contributed by atoms with E-state index < -0.39 is 0 Å². The smallest absolute Gasteiger partial charge is 0.156 e. The number of benzene rings is 1. The summed E-state index contributed by atoms with van der Waals surface area (Å²) < 4.78 is 1.84. The molecular formula is C13H15N5. The molecule has 0 atom stereocenters. The van der Waals surface area contributed by atoms with Crippen LogP contribution in [0.4, 0.5) is 5.69 Å². The van der Waals surface area contributed by atoms with Crippen LogP contribution in [-0.4, -0.2) is 19.7 Å². The summed E-state index contributed by atoms with van der Waals surface area (Å²) in [6.07, 6.45) is 0.913. The maximum absolute atomic E-state index is 5.91. The number of aromatic amines is 1. The maximum atomic E-state index is 5.91. The van der Waals surface area contributed by atoms with Gasteiger partial charge in [-0.2, -0.15) is 5.10 Å². The summed E-state index contributed by atoms with van der Waals surface area (Å²) in [7, 11) is 1.92. The van der Waals surface area contributed by atoms with Crippen LogP contribution in [0.25, 0.3) is 22.6 Å². The normalized spacial score (nSPS) is 11.2. The summed E-state index contributed by atoms with van der Waals surface area (Å²) in [5.41, 5.74) is 10.4. The number of nitrogen functional groups attached to an aromatic ring is 1. The third-order valence-corrected chi connectivity index (χ3v) is 3.08. The zero-order chi connectivity index (χ0) is 12.7. The van der Waals surface area contributed by atoms with Gasteiger partial charge < -0.3 is 10.7 Å². The fourth-order valence-corrected chi connectivity index (χ4v) is 2.10. The Morgan fingerprint density at radius 1 is 1.39 bits per heavy atom. The van der Waals surface area contributed by atoms with E-state index in [0.717, 1.165) is 34.7 Å². The molecule has 0 aliphatic carbocycles. The average molecular weight is 241 g/mol. The fraction of sp³-hybridized carbons (Fsp3) is 0.231. The molecule has 0 unspecified atom stereocenters. The number of anilines is 1. The number of fused-ring (bicyclic) bond motifs is 1. The molecule has 0 saturated heterocycles. The Bertz CT molecular complexity index is 707. The van der Waals surface area contributed by atoms with Crippen molar-refractivity contribution < 1.29 is 0 Å². The molecule has 2 heterocycles. The highest BCUT2D eigenvalue weighted by Gasteiger charge is 2.11. The lowest BCUT2D eigenvalue weighted by molar-refractivity contribution is 0.749. The highest BCUT2D eigenvalue weighted by Crippen LogP contribution is 2.24. The SMILES string of the molecule is CCc1cc(-c2nc3c(N)cccc3[nH]2)n(C)n1. The van der Waals surface area contributed by atoms with Crippen molar-refractivity contribution >= 4 is 16.7 Å². The number of hydrogen-bond donors (Lipinski definition) is 2. The molecule has 3 N–H and O–H groups in total. The van der Waals surface area contributed by atoms with Gasteiger partial charge in [-0.3, -0.25) is 4.68 Å². The summed E-state index contributed by atoms with van der Waals surface area (Å²) >= 11 is 0. The first kappa shape index (κ1) is 10.8. The Balaban J connectivity index is 2.19. The van der Waals surface area contributed by atoms with Crippen LogP contribution in [0.15, 0.2) is 24.3 Å². The summed E-state index contributed by atoms with van der Waals surface area (Å²) in [5.74, 6) is 0.803. The zero-order valence-electron chi connectivity index (χ0n) is 10.4. The first-order chi connectivity index (χ1) is 8.69. The molecule has 18 heavy (non-hydrogen) atoms. The van der Waals surface area contributed by atoms with Crippen LogP contribution < -0.4 is 5.73 Å². The highest BCUT2D eigenvalue weighted by atomic mass is 15.3. The van der Waals surface area contributed by atoms with Gasteiger partial charge in [0.1, 0.15) is 11.2 Å². The largest absolute Gasteiger partial charge is 0.397 e. The third-order valence-electron chi connectivity index (χ3n) is 3.08. The summed E-state index contributed by atoms with van der Waals surface area (Å²) in [6, 6.07) is 7.79. The second kappa shape index (κ2) is 3.87. The minimum atomic E-state index is 0.688. The van der Waals surface area contributed by atoms with Crippen molar-refractivity contribution in [2.45, 2.75) is 13.3 Å². The van der Waals surface area contributed by atoms with Crippen molar-refractivity contribution in [2.75, 3.05) is 5.73 Å². The van der Waals surface area contributed by atoms with Crippen molar-refractivity contribution in [3.63, 3.8) is 0 Å². The Morgan fingerprint density at radius 3 is 2.89 bits per heavy atom. The van der Waals surface area contributed by atoms with Gasteiger partial charge in [0.25, 0.3) is 0 Å². The lowest BCUT2D eigenvalue weighted by atomic mass is 10.3. The number of aromatic nitrogens is 4. The Hall–Kier alpha value is -2.30. The van der Waals surface area contributed by atoms with Crippen molar-refractivity contribution in [3.8, 4) is 11.5 Å². The van der Waals surface area contributed by atoms with E-state index in [9.17, 15) is 0 Å². The molecule has 0 spiro atoms. The summed E-state index contributed by atoms with van der Waals surface area (Å²) in [5, 5.41) is 4.42. The number of H-pyrrole nitrogens is 1. The van der Waals surface area contributed by atoms with Crippen LogP contribution in [0.3, 0.4) is 0 Å². The number of para-hydroxylation sites is 1. The number of hydrogen-bond acceptors (Lipinski definition) is 3. The van der Waals surface area contributed by atoms with Crippen LogP contribution in [0.5, 0.6) is 0 Å². The molecule has 0 fully saturated rings. The molecule has 0 saturated carbocycles. The van der Waals surface area contributed by atoms with Crippen molar-refractivity contribution in [2.24, 2.45) is 7.05 Å². The highest BCUT2D eigenvalue weighted by molar-refractivity contribution is 5.89. The van der Waals surface area contributed by atoms with Gasteiger partial charge in [-0.1, -0.05) is 13.0 Å². The molecule has 5 nitrogen and oxygen atoms in total. The molecule has 2 aromatic heterocycles. The Morgan fingerprint density at radius 2 is 2.22 bits per heavy atom. The molecule has 3 rings (SSSR count). The number of nitrogens with zero attached hydrogens (tertiary/aromatic N) is 3. The zero-order valence-corrected chi connectivity index (χ0v) is 10.4. The van der Waals surface area contributed by atoms with Gasteiger partial charge in [-0.25, -0.2) is 4.98 Å². The van der Waals surface area contributed by atoms with E-state index in [4.69, 9.17) is 5.73 Å². The Labute approximate surface area is 105 Å². The predicted molar refractivity (Wildman–Crippen MR) is 72.1 cm³/mol. The topological polar surface area (TPSA) is 72.5 Å². The average Bonchev–Trinajstić information content (AvgIpc) is 2.93. The number of aryl methyl sites for hydroxylation is 2. The van der Waals surface area contributed by atoms with Crippen LogP contribution >= 0.6 is 0 Å². The molecule has 92 valence electrons. The van der Waals surface area contributed by atoms with Crippen LogP contribution in [0, 0.1) is 0 Å². The van der Waals surface area contributed by atoms with E-state index in [1.165, 1.54) is 0 Å².